The molecule has 0 amide bonds. The highest BCUT2D eigenvalue weighted by Gasteiger charge is 2.28. The average Bonchev–Trinajstić information content (AvgIpc) is 3.90. The summed E-state index contributed by atoms with van der Waals surface area (Å²) < 4.78 is 13.5. The number of benzene rings is 10. The monoisotopic (exact) mass is 813 g/mol. The Hall–Kier alpha value is -7.36. The second kappa shape index (κ2) is 14.6. The fourth-order valence-corrected chi connectivity index (χ4v) is 10.7. The molecule has 2 heterocycles. The van der Waals surface area contributed by atoms with Gasteiger partial charge in [0.05, 0.1) is 11.4 Å². The first-order chi connectivity index (χ1) is 30.9. The Balaban J connectivity index is 1.14. The molecule has 0 aliphatic carbocycles. The van der Waals surface area contributed by atoms with Crippen molar-refractivity contribution in [2.24, 2.45) is 0 Å². The van der Waals surface area contributed by atoms with E-state index >= 15 is 0 Å². The molecule has 63 heavy (non-hydrogen) atoms. The number of fused-ring (bicyclic) bond motifs is 6. The van der Waals surface area contributed by atoms with Gasteiger partial charge < -0.3 is 13.7 Å². The number of furan rings is 2. The van der Waals surface area contributed by atoms with Gasteiger partial charge in [-0.3, -0.25) is 0 Å². The molecule has 0 aliphatic rings. The fraction of sp³-hybridized carbons (Fsp3) is 0.133. The summed E-state index contributed by atoms with van der Waals surface area (Å²) in [6.07, 6.45) is 0.822. The average molecular weight is 814 g/mol. The predicted octanol–water partition coefficient (Wildman–Crippen LogP) is 17.5. The van der Waals surface area contributed by atoms with Crippen LogP contribution in [0.5, 0.6) is 0 Å². The van der Waals surface area contributed by atoms with Crippen LogP contribution in [0.4, 0.5) is 17.1 Å². The third kappa shape index (κ3) is 5.87. The van der Waals surface area contributed by atoms with Gasteiger partial charge in [0.25, 0.3) is 0 Å². The van der Waals surface area contributed by atoms with Crippen LogP contribution in [-0.2, 0) is 6.42 Å². The summed E-state index contributed by atoms with van der Waals surface area (Å²) in [5, 5.41) is 12.4. The molecule has 3 nitrogen and oxygen atoms in total. The quantitative estimate of drug-likeness (QED) is 0.136. The van der Waals surface area contributed by atoms with Gasteiger partial charge in [0.2, 0.25) is 0 Å². The van der Waals surface area contributed by atoms with E-state index in [2.05, 4.69) is 215 Å². The van der Waals surface area contributed by atoms with Crippen molar-refractivity contribution in [1.29, 1.82) is 0 Å². The van der Waals surface area contributed by atoms with E-state index in [0.29, 0.717) is 5.92 Å². The maximum absolute atomic E-state index is 6.77. The summed E-state index contributed by atoms with van der Waals surface area (Å²) in [6, 6.07) is 66.5. The predicted molar refractivity (Wildman–Crippen MR) is 266 cm³/mol. The van der Waals surface area contributed by atoms with E-state index in [1.165, 1.54) is 60.1 Å². The van der Waals surface area contributed by atoms with Crippen LogP contribution < -0.4 is 4.90 Å². The first-order valence-corrected chi connectivity index (χ1v) is 22.4. The third-order valence-electron chi connectivity index (χ3n) is 13.6. The zero-order chi connectivity index (χ0) is 42.3. The Kier molecular flexibility index (Phi) is 8.69. The molecule has 0 unspecified atom stereocenters. The first kappa shape index (κ1) is 37.4. The Labute approximate surface area is 367 Å². The summed E-state index contributed by atoms with van der Waals surface area (Å²) in [5.74, 6) is 0.662. The molecular weight excluding hydrogens is 767 g/mol. The van der Waals surface area contributed by atoms with Gasteiger partial charge in [-0.05, 0) is 104 Å². The van der Waals surface area contributed by atoms with Crippen LogP contribution in [-0.4, -0.2) is 0 Å². The molecule has 0 spiro atoms. The molecular formula is C60H47NO2. The van der Waals surface area contributed by atoms with Crippen LogP contribution in [0, 0.1) is 0 Å². The minimum atomic E-state index is 0.0635. The minimum absolute atomic E-state index is 0.0635. The van der Waals surface area contributed by atoms with Crippen molar-refractivity contribution in [3.8, 4) is 0 Å². The molecule has 1 atom stereocenters. The van der Waals surface area contributed by atoms with Gasteiger partial charge in [0.1, 0.15) is 16.7 Å². The van der Waals surface area contributed by atoms with Gasteiger partial charge in [-0.25, -0.2) is 0 Å². The van der Waals surface area contributed by atoms with Gasteiger partial charge in [-0.2, -0.15) is 0 Å². The maximum atomic E-state index is 6.77. The smallest absolute Gasteiger partial charge is 0.159 e. The van der Waals surface area contributed by atoms with Crippen LogP contribution in [0.1, 0.15) is 73.3 Å². The molecule has 0 saturated carbocycles. The summed E-state index contributed by atoms with van der Waals surface area (Å²) in [5.41, 5.74) is 13.5. The van der Waals surface area contributed by atoms with E-state index in [0.717, 1.165) is 67.4 Å². The topological polar surface area (TPSA) is 29.5 Å². The maximum Gasteiger partial charge on any atom is 0.159 e. The van der Waals surface area contributed by atoms with Crippen LogP contribution in [0.15, 0.2) is 191 Å². The van der Waals surface area contributed by atoms with Crippen molar-refractivity contribution in [2.75, 3.05) is 4.90 Å². The molecule has 0 saturated heterocycles. The molecule has 2 aromatic heterocycles. The molecule has 0 bridgehead atoms. The lowest BCUT2D eigenvalue weighted by Crippen LogP contribution is -2.12. The van der Waals surface area contributed by atoms with Crippen LogP contribution >= 0.6 is 0 Å². The molecule has 0 fully saturated rings. The number of hydrogen-bond acceptors (Lipinski definition) is 3. The highest BCUT2D eigenvalue weighted by Crippen LogP contribution is 2.50. The van der Waals surface area contributed by atoms with Crippen molar-refractivity contribution in [1.82, 2.24) is 0 Å². The van der Waals surface area contributed by atoms with Gasteiger partial charge in [0.15, 0.2) is 5.58 Å². The van der Waals surface area contributed by atoms with E-state index in [1.54, 1.807) is 0 Å². The fourth-order valence-electron chi connectivity index (χ4n) is 10.7. The van der Waals surface area contributed by atoms with E-state index in [4.69, 9.17) is 8.83 Å². The minimum Gasteiger partial charge on any atom is -0.456 e. The van der Waals surface area contributed by atoms with Crippen LogP contribution in [0.3, 0.4) is 0 Å². The van der Waals surface area contributed by atoms with Crippen molar-refractivity contribution >= 4 is 93.3 Å². The molecule has 304 valence electrons. The molecule has 0 N–H and O–H groups in total. The third-order valence-corrected chi connectivity index (χ3v) is 13.6. The standard InChI is InChI=1S/C60H47NO2/c1-36(2)50-33-39(34-52(38-17-7-5-8-18-38)48-24-15-23-46-42-21-11-13-27-55(42)62-59(46)48)41-29-30-45-51(37(3)4)35-54(49-32-31-44(50)57(41)58(45)49)61(40-19-9-6-10-20-40)53-26-16-25-47-43-22-12-14-28-56(43)63-60(47)53/h5-33,35-37,52H,34H2,1-4H3/t52-/m1/s1. The lowest BCUT2D eigenvalue weighted by Gasteiger charge is -2.30. The second-order valence-electron chi connectivity index (χ2n) is 17.9. The van der Waals surface area contributed by atoms with E-state index in [-0.39, 0.29) is 11.8 Å². The zero-order valence-corrected chi connectivity index (χ0v) is 36.0. The number of rotatable bonds is 9. The molecule has 0 radical (unpaired) electrons. The van der Waals surface area contributed by atoms with Crippen LogP contribution in [0.2, 0.25) is 0 Å². The zero-order valence-electron chi connectivity index (χ0n) is 36.0. The number of nitrogens with zero attached hydrogens (tertiary/aromatic N) is 1. The second-order valence-corrected chi connectivity index (χ2v) is 17.9. The number of para-hydroxylation sites is 5. The van der Waals surface area contributed by atoms with E-state index in [1.807, 2.05) is 0 Å². The van der Waals surface area contributed by atoms with E-state index in [9.17, 15) is 0 Å². The van der Waals surface area contributed by atoms with Crippen LogP contribution in [0.25, 0.3) is 76.2 Å². The Morgan fingerprint density at radius 2 is 0.921 bits per heavy atom. The van der Waals surface area contributed by atoms with Crippen molar-refractivity contribution in [3.63, 3.8) is 0 Å². The SMILES string of the molecule is CC(C)c1cc(C[C@H](c2ccccc2)c2cccc3c2oc2ccccc23)c2ccc3c(C(C)C)cc(N(c4ccccc4)c4cccc5c4oc4ccccc45)c4ccc1c2c34. The summed E-state index contributed by atoms with van der Waals surface area (Å²) in [4.78, 5) is 2.44. The highest BCUT2D eigenvalue weighted by atomic mass is 16.3. The lowest BCUT2D eigenvalue weighted by molar-refractivity contribution is 0.655. The van der Waals surface area contributed by atoms with Gasteiger partial charge in [0, 0.05) is 44.1 Å². The highest BCUT2D eigenvalue weighted by molar-refractivity contribution is 6.28. The molecule has 10 aromatic carbocycles. The Bertz CT molecular complexity index is 3670. The summed E-state index contributed by atoms with van der Waals surface area (Å²) in [7, 11) is 0. The molecule has 12 aromatic rings. The number of anilines is 3. The first-order valence-electron chi connectivity index (χ1n) is 22.4. The van der Waals surface area contributed by atoms with Gasteiger partial charge >= 0.3 is 0 Å². The Morgan fingerprint density at radius 1 is 0.397 bits per heavy atom. The number of hydrogen-bond donors (Lipinski definition) is 0. The van der Waals surface area contributed by atoms with Gasteiger partial charge in [-0.1, -0.05) is 173 Å². The van der Waals surface area contributed by atoms with Gasteiger partial charge in [-0.15, -0.1) is 0 Å². The molecule has 0 aliphatic heterocycles. The lowest BCUT2D eigenvalue weighted by atomic mass is 9.79. The largest absolute Gasteiger partial charge is 0.456 e. The molecule has 12 rings (SSSR count). The van der Waals surface area contributed by atoms with Crippen molar-refractivity contribution in [2.45, 2.75) is 51.9 Å². The van der Waals surface area contributed by atoms with Crippen molar-refractivity contribution < 1.29 is 8.83 Å². The van der Waals surface area contributed by atoms with Crippen molar-refractivity contribution in [3.05, 3.63) is 210 Å². The van der Waals surface area contributed by atoms with E-state index < -0.39 is 0 Å². The summed E-state index contributed by atoms with van der Waals surface area (Å²) in [6.45, 7) is 9.35. The normalized spacial score (nSPS) is 12.7. The Morgan fingerprint density at radius 3 is 1.60 bits per heavy atom. The molecule has 3 heteroatoms. The summed E-state index contributed by atoms with van der Waals surface area (Å²) >= 11 is 0.